The van der Waals surface area contributed by atoms with Gasteiger partial charge in [0.25, 0.3) is 0 Å². The maximum Gasteiger partial charge on any atom is 0.206 e. The number of nitrogens with one attached hydrogen (secondary N) is 2. The Morgan fingerprint density at radius 1 is 0.730 bits per heavy atom. The second kappa shape index (κ2) is 13.0. The maximum atomic E-state index is 5.88. The Bertz CT molecular complexity index is 1280. The number of benzene rings is 2. The molecule has 0 amide bonds. The molecule has 2 fully saturated rings. The van der Waals surface area contributed by atoms with Crippen LogP contribution < -0.4 is 25.0 Å². The van der Waals surface area contributed by atoms with E-state index in [0.717, 1.165) is 65.7 Å². The van der Waals surface area contributed by atoms with Crippen molar-refractivity contribution in [3.05, 3.63) is 41.7 Å². The van der Waals surface area contributed by atoms with E-state index in [4.69, 9.17) is 26.1 Å². The number of hydrogen-bond donors (Lipinski definition) is 2. The van der Waals surface area contributed by atoms with Gasteiger partial charge in [0.2, 0.25) is 11.2 Å². The molecule has 0 unspecified atom stereocenters. The smallest absolute Gasteiger partial charge is 0.206 e. The first-order valence-corrected chi connectivity index (χ1v) is 13.2. The van der Waals surface area contributed by atoms with Gasteiger partial charge in [0, 0.05) is 40.3 Å². The first kappa shape index (κ1) is 27.0. The molecule has 37 heavy (non-hydrogen) atoms. The maximum absolute atomic E-state index is 5.88. The van der Waals surface area contributed by atoms with Crippen LogP contribution >= 0.6 is 11.6 Å². The van der Waals surface area contributed by atoms with E-state index in [9.17, 15) is 0 Å². The highest BCUT2D eigenvalue weighted by Gasteiger charge is 2.18. The molecule has 2 aromatic heterocycles. The summed E-state index contributed by atoms with van der Waals surface area (Å²) in [4.78, 5) is 11.2. The van der Waals surface area contributed by atoms with Crippen LogP contribution in [0.5, 0.6) is 11.5 Å². The van der Waals surface area contributed by atoms with Gasteiger partial charge in [-0.3, -0.25) is 0 Å². The Morgan fingerprint density at radius 3 is 1.78 bits per heavy atom. The topological polar surface area (TPSA) is 81.4 Å². The van der Waals surface area contributed by atoms with Crippen LogP contribution in [0, 0.1) is 0 Å². The zero-order chi connectivity index (χ0) is 26.2. The molecule has 200 valence electrons. The third kappa shape index (κ3) is 6.29. The van der Waals surface area contributed by atoms with Gasteiger partial charge in [-0.05, 0) is 61.8 Å². The largest absolute Gasteiger partial charge is 0.494 e. The van der Waals surface area contributed by atoms with Crippen molar-refractivity contribution < 1.29 is 9.47 Å². The molecule has 2 saturated heterocycles. The molecule has 2 N–H and O–H groups in total. The number of aryl methyl sites for hydroxylation is 2. The van der Waals surface area contributed by atoms with E-state index in [1.54, 1.807) is 14.2 Å². The summed E-state index contributed by atoms with van der Waals surface area (Å²) in [5.74, 6) is 2.61. The summed E-state index contributed by atoms with van der Waals surface area (Å²) in [5, 5.41) is 7.11. The number of anilines is 1. The van der Waals surface area contributed by atoms with Gasteiger partial charge in [-0.15, -0.1) is 0 Å². The number of fused-ring (bicyclic) bond motifs is 2. The second-order valence-electron chi connectivity index (χ2n) is 9.11. The molecule has 2 aromatic carbocycles. The Morgan fingerprint density at radius 2 is 1.27 bits per heavy atom. The van der Waals surface area contributed by atoms with E-state index in [1.165, 1.54) is 32.4 Å². The zero-order valence-electron chi connectivity index (χ0n) is 22.3. The van der Waals surface area contributed by atoms with E-state index < -0.39 is 0 Å². The number of halogens is 1. The van der Waals surface area contributed by atoms with Crippen LogP contribution in [0.3, 0.4) is 0 Å². The Hall–Kier alpha value is -3.01. The molecular formula is C27H38ClN7O2. The van der Waals surface area contributed by atoms with Crippen molar-refractivity contribution in [2.75, 3.05) is 58.4 Å². The molecule has 0 bridgehead atoms. The van der Waals surface area contributed by atoms with Crippen molar-refractivity contribution in [1.29, 1.82) is 0 Å². The van der Waals surface area contributed by atoms with E-state index in [1.807, 2.05) is 41.9 Å². The Labute approximate surface area is 223 Å². The van der Waals surface area contributed by atoms with Gasteiger partial charge < -0.3 is 34.1 Å². The van der Waals surface area contributed by atoms with Gasteiger partial charge in [0.05, 0.1) is 25.3 Å². The molecule has 6 rings (SSSR count). The van der Waals surface area contributed by atoms with Crippen LogP contribution in [0.25, 0.3) is 22.1 Å². The first-order chi connectivity index (χ1) is 18.0. The fourth-order valence-corrected chi connectivity index (χ4v) is 4.79. The monoisotopic (exact) mass is 527 g/mol. The molecule has 0 atom stereocenters. The Balaban J connectivity index is 0.000000146. The van der Waals surface area contributed by atoms with Gasteiger partial charge >= 0.3 is 0 Å². The standard InChI is InChI=1S/C13H18N4O.C9H9ClN2O.C5H11N/c1-16-10-4-3-5-11(18-2)12(10)15-13(16)17-8-6-14-7-9-17;1-12-6-4-3-5-7(13-2)8(6)11-9(12)10;1-2-4-6-5-3-1/h3-5,14H,6-9H2,1-2H3;3-5H,1-2H3;6H,1-5H2. The first-order valence-electron chi connectivity index (χ1n) is 12.9. The van der Waals surface area contributed by atoms with Crippen molar-refractivity contribution in [2.24, 2.45) is 14.1 Å². The highest BCUT2D eigenvalue weighted by Crippen LogP contribution is 2.29. The lowest BCUT2D eigenvalue weighted by Crippen LogP contribution is -2.44. The van der Waals surface area contributed by atoms with Crippen molar-refractivity contribution in [2.45, 2.75) is 19.3 Å². The van der Waals surface area contributed by atoms with Crippen molar-refractivity contribution in [3.8, 4) is 11.5 Å². The number of para-hydroxylation sites is 2. The molecule has 0 saturated carbocycles. The summed E-state index contributed by atoms with van der Waals surface area (Å²) in [7, 11) is 7.24. The average molecular weight is 528 g/mol. The van der Waals surface area contributed by atoms with Gasteiger partial charge in [-0.1, -0.05) is 18.6 Å². The summed E-state index contributed by atoms with van der Waals surface area (Å²) in [6.07, 6.45) is 4.22. The minimum Gasteiger partial charge on any atom is -0.494 e. The minimum atomic E-state index is 0.472. The van der Waals surface area contributed by atoms with E-state index in [0.29, 0.717) is 5.28 Å². The Kier molecular flexibility index (Phi) is 9.49. The fraction of sp³-hybridized carbons (Fsp3) is 0.481. The van der Waals surface area contributed by atoms with Crippen molar-refractivity contribution in [3.63, 3.8) is 0 Å². The van der Waals surface area contributed by atoms with Gasteiger partial charge in [-0.25, -0.2) is 9.97 Å². The molecule has 4 heterocycles. The molecule has 2 aliphatic rings. The fourth-order valence-electron chi connectivity index (χ4n) is 4.62. The number of methoxy groups -OCH3 is 2. The van der Waals surface area contributed by atoms with E-state index in [2.05, 4.69) is 38.2 Å². The summed E-state index contributed by atoms with van der Waals surface area (Å²) in [6.45, 7) is 6.53. The number of hydrogen-bond acceptors (Lipinski definition) is 7. The van der Waals surface area contributed by atoms with E-state index >= 15 is 0 Å². The second-order valence-corrected chi connectivity index (χ2v) is 9.45. The highest BCUT2D eigenvalue weighted by atomic mass is 35.5. The molecule has 10 heteroatoms. The van der Waals surface area contributed by atoms with Crippen LogP contribution in [0.15, 0.2) is 36.4 Å². The highest BCUT2D eigenvalue weighted by molar-refractivity contribution is 6.29. The van der Waals surface area contributed by atoms with Gasteiger partial charge in [0.1, 0.15) is 22.5 Å². The van der Waals surface area contributed by atoms with E-state index in [-0.39, 0.29) is 0 Å². The van der Waals surface area contributed by atoms with Crippen LogP contribution in [0.2, 0.25) is 5.28 Å². The number of imidazole rings is 2. The average Bonchev–Trinajstić information content (AvgIpc) is 3.46. The molecule has 2 aliphatic heterocycles. The number of nitrogens with zero attached hydrogens (tertiary/aromatic N) is 5. The summed E-state index contributed by atoms with van der Waals surface area (Å²) >= 11 is 5.88. The predicted molar refractivity (Wildman–Crippen MR) is 151 cm³/mol. The van der Waals surface area contributed by atoms with Gasteiger partial charge in [-0.2, -0.15) is 0 Å². The summed E-state index contributed by atoms with van der Waals surface area (Å²) < 4.78 is 14.5. The van der Waals surface area contributed by atoms with Gasteiger partial charge in [0.15, 0.2) is 0 Å². The summed E-state index contributed by atoms with van der Waals surface area (Å²) in [5.41, 5.74) is 3.83. The van der Waals surface area contributed by atoms with Crippen LogP contribution in [-0.4, -0.2) is 72.6 Å². The molecule has 0 aliphatic carbocycles. The van der Waals surface area contributed by atoms with Crippen molar-refractivity contribution >= 4 is 39.6 Å². The minimum absolute atomic E-state index is 0.472. The van der Waals surface area contributed by atoms with Crippen LogP contribution in [0.4, 0.5) is 5.95 Å². The third-order valence-corrected chi connectivity index (χ3v) is 7.06. The lowest BCUT2D eigenvalue weighted by Gasteiger charge is -2.28. The normalized spacial score (nSPS) is 15.5. The number of ether oxygens (including phenoxy) is 2. The lowest BCUT2D eigenvalue weighted by molar-refractivity contribution is 0.419. The number of piperazine rings is 1. The molecule has 4 aromatic rings. The molecule has 9 nitrogen and oxygen atoms in total. The van der Waals surface area contributed by atoms with Crippen LogP contribution in [0.1, 0.15) is 19.3 Å². The zero-order valence-corrected chi connectivity index (χ0v) is 23.0. The lowest BCUT2D eigenvalue weighted by atomic mass is 10.2. The number of rotatable bonds is 3. The molecule has 0 spiro atoms. The van der Waals surface area contributed by atoms with Crippen LogP contribution in [-0.2, 0) is 14.1 Å². The quantitative estimate of drug-likeness (QED) is 0.417. The van der Waals surface area contributed by atoms with Crippen molar-refractivity contribution in [1.82, 2.24) is 29.7 Å². The molecule has 0 radical (unpaired) electrons. The predicted octanol–water partition coefficient (Wildman–Crippen LogP) is 3.99. The summed E-state index contributed by atoms with van der Waals surface area (Å²) in [6, 6.07) is 11.8. The number of piperidine rings is 1. The molecular weight excluding hydrogens is 490 g/mol. The third-order valence-electron chi connectivity index (χ3n) is 6.72. The number of aromatic nitrogens is 4. The SMILES string of the molecule is C1CCNCC1.COc1cccc2c1nc(Cl)n2C.COc1cccc2c1nc(N1CCNCC1)n2C.